The summed E-state index contributed by atoms with van der Waals surface area (Å²) in [5.41, 5.74) is 1.52. The lowest BCUT2D eigenvalue weighted by molar-refractivity contribution is -0.113. The second kappa shape index (κ2) is 7.30. The first-order valence-corrected chi connectivity index (χ1v) is 8.87. The molecule has 10 heteroatoms. The van der Waals surface area contributed by atoms with Crippen molar-refractivity contribution in [2.45, 2.75) is 19.9 Å². The van der Waals surface area contributed by atoms with E-state index >= 15 is 0 Å². The first kappa shape index (κ1) is 18.5. The van der Waals surface area contributed by atoms with E-state index in [0.29, 0.717) is 40.2 Å². The summed E-state index contributed by atoms with van der Waals surface area (Å²) in [6, 6.07) is 8.19. The highest BCUT2D eigenvalue weighted by atomic mass is 16.5. The van der Waals surface area contributed by atoms with Crippen LogP contribution in [0.2, 0.25) is 0 Å². The normalized spacial score (nSPS) is 15.5. The van der Waals surface area contributed by atoms with Crippen LogP contribution in [-0.4, -0.2) is 40.3 Å². The minimum atomic E-state index is -0.619. The van der Waals surface area contributed by atoms with Gasteiger partial charge in [-0.3, -0.25) is 4.79 Å². The van der Waals surface area contributed by atoms with Gasteiger partial charge in [0.05, 0.1) is 25.5 Å². The Kier molecular flexibility index (Phi) is 4.67. The van der Waals surface area contributed by atoms with Crippen molar-refractivity contribution in [3.63, 3.8) is 0 Å². The molecule has 3 aromatic rings. The van der Waals surface area contributed by atoms with Crippen molar-refractivity contribution in [1.29, 1.82) is 0 Å². The lowest BCUT2D eigenvalue weighted by Crippen LogP contribution is -2.31. The van der Waals surface area contributed by atoms with Crippen molar-refractivity contribution in [3.8, 4) is 11.5 Å². The predicted octanol–water partition coefficient (Wildman–Crippen LogP) is 2.52. The van der Waals surface area contributed by atoms with E-state index in [0.717, 1.165) is 5.76 Å². The zero-order valence-electron chi connectivity index (χ0n) is 16.4. The molecule has 0 bridgehead atoms. The largest absolute Gasteiger partial charge is 0.497 e. The van der Waals surface area contributed by atoms with Gasteiger partial charge < -0.3 is 24.5 Å². The number of methoxy groups -OCH3 is 2. The van der Waals surface area contributed by atoms with Gasteiger partial charge >= 0.3 is 0 Å². The molecule has 2 N–H and O–H groups in total. The SMILES string of the molecule is COc1ccc(OC)c(NC(=O)C2=C(C)Nc3nnnn3C2c2ccc(C)o2)c1. The standard InChI is InChI=1S/C19H20N6O4/c1-10-5-7-15(29-10)17-16(11(2)20-19-22-23-24-25(17)19)18(26)21-13-9-12(27-3)6-8-14(13)28-4/h5-9,17H,1-4H3,(H,21,26)(H,20,22,24). The Hall–Kier alpha value is -3.82. The molecule has 0 aliphatic carbocycles. The number of hydrogen-bond acceptors (Lipinski definition) is 8. The molecule has 4 rings (SSSR count). The van der Waals surface area contributed by atoms with Gasteiger partial charge in [-0.1, -0.05) is 5.10 Å². The number of anilines is 2. The van der Waals surface area contributed by atoms with Crippen molar-refractivity contribution in [3.05, 3.63) is 53.1 Å². The second-order valence-electron chi connectivity index (χ2n) is 6.48. The molecule has 1 aliphatic heterocycles. The molecule has 0 fully saturated rings. The predicted molar refractivity (Wildman–Crippen MR) is 104 cm³/mol. The number of aromatic nitrogens is 4. The van der Waals surface area contributed by atoms with Crippen LogP contribution >= 0.6 is 0 Å². The molecule has 29 heavy (non-hydrogen) atoms. The smallest absolute Gasteiger partial charge is 0.256 e. The van der Waals surface area contributed by atoms with Gasteiger partial charge in [-0.2, -0.15) is 4.68 Å². The van der Waals surface area contributed by atoms with Crippen molar-refractivity contribution >= 4 is 17.5 Å². The summed E-state index contributed by atoms with van der Waals surface area (Å²) in [6.07, 6.45) is 0. The summed E-state index contributed by atoms with van der Waals surface area (Å²) >= 11 is 0. The van der Waals surface area contributed by atoms with Crippen LogP contribution in [0.5, 0.6) is 11.5 Å². The lowest BCUT2D eigenvalue weighted by Gasteiger charge is -2.26. The molecule has 150 valence electrons. The molecule has 1 atom stereocenters. The van der Waals surface area contributed by atoms with E-state index in [4.69, 9.17) is 13.9 Å². The maximum absolute atomic E-state index is 13.3. The zero-order chi connectivity index (χ0) is 20.5. The first-order chi connectivity index (χ1) is 14.0. The first-order valence-electron chi connectivity index (χ1n) is 8.87. The van der Waals surface area contributed by atoms with E-state index in [1.54, 1.807) is 32.2 Å². The van der Waals surface area contributed by atoms with Crippen molar-refractivity contribution in [2.75, 3.05) is 24.9 Å². The Bertz CT molecular complexity index is 1100. The molecular formula is C19H20N6O4. The minimum absolute atomic E-state index is 0.346. The summed E-state index contributed by atoms with van der Waals surface area (Å²) in [7, 11) is 3.09. The Morgan fingerprint density at radius 3 is 2.72 bits per heavy atom. The Morgan fingerprint density at radius 2 is 2.03 bits per heavy atom. The van der Waals surface area contributed by atoms with E-state index in [2.05, 4.69) is 26.2 Å². The molecule has 0 saturated carbocycles. The van der Waals surface area contributed by atoms with Gasteiger partial charge in [-0.05, 0) is 48.5 Å². The molecule has 1 unspecified atom stereocenters. The van der Waals surface area contributed by atoms with E-state index in [-0.39, 0.29) is 5.91 Å². The van der Waals surface area contributed by atoms with Crippen LogP contribution in [0, 0.1) is 6.92 Å². The highest BCUT2D eigenvalue weighted by Gasteiger charge is 2.36. The third kappa shape index (κ3) is 3.28. The number of allylic oxidation sites excluding steroid dienone is 1. The summed E-state index contributed by atoms with van der Waals surface area (Å²) < 4.78 is 17.9. The van der Waals surface area contributed by atoms with Crippen LogP contribution in [-0.2, 0) is 4.79 Å². The number of nitrogens with one attached hydrogen (secondary N) is 2. The van der Waals surface area contributed by atoms with Gasteiger partial charge in [0, 0.05) is 11.8 Å². The van der Waals surface area contributed by atoms with Crippen LogP contribution in [0.25, 0.3) is 0 Å². The van der Waals surface area contributed by atoms with E-state index < -0.39 is 6.04 Å². The van der Waals surface area contributed by atoms with Gasteiger partial charge in [0.15, 0.2) is 0 Å². The molecule has 0 saturated heterocycles. The second-order valence-corrected chi connectivity index (χ2v) is 6.48. The van der Waals surface area contributed by atoms with Crippen molar-refractivity contribution < 1.29 is 18.7 Å². The number of amides is 1. The molecule has 3 heterocycles. The number of hydrogen-bond donors (Lipinski definition) is 2. The fourth-order valence-electron chi connectivity index (χ4n) is 3.27. The number of carbonyl (C=O) groups is 1. The van der Waals surface area contributed by atoms with Gasteiger partial charge in [0.2, 0.25) is 5.95 Å². The number of carbonyl (C=O) groups excluding carboxylic acids is 1. The fraction of sp³-hybridized carbons (Fsp3) is 0.263. The van der Waals surface area contributed by atoms with E-state index in [1.165, 1.54) is 11.8 Å². The molecule has 2 aromatic heterocycles. The summed E-state index contributed by atoms with van der Waals surface area (Å²) in [5.74, 6) is 2.46. The summed E-state index contributed by atoms with van der Waals surface area (Å²) in [5, 5.41) is 17.7. The van der Waals surface area contributed by atoms with Gasteiger partial charge in [0.25, 0.3) is 5.91 Å². The van der Waals surface area contributed by atoms with Crippen LogP contribution < -0.4 is 20.1 Å². The monoisotopic (exact) mass is 396 g/mol. The third-order valence-electron chi connectivity index (χ3n) is 4.64. The average Bonchev–Trinajstić information content (AvgIpc) is 3.35. The van der Waals surface area contributed by atoms with Crippen molar-refractivity contribution in [1.82, 2.24) is 20.2 Å². The molecule has 0 spiro atoms. The Morgan fingerprint density at radius 1 is 1.21 bits per heavy atom. The van der Waals surface area contributed by atoms with Gasteiger partial charge in [-0.25, -0.2) is 0 Å². The van der Waals surface area contributed by atoms with Crippen molar-refractivity contribution in [2.24, 2.45) is 0 Å². The summed E-state index contributed by atoms with van der Waals surface area (Å²) in [6.45, 7) is 3.63. The maximum atomic E-state index is 13.3. The molecular weight excluding hydrogens is 376 g/mol. The average molecular weight is 396 g/mol. The molecule has 1 aliphatic rings. The van der Waals surface area contributed by atoms with Crippen LogP contribution in [0.4, 0.5) is 11.6 Å². The quantitative estimate of drug-likeness (QED) is 0.676. The van der Waals surface area contributed by atoms with Gasteiger partial charge in [-0.15, -0.1) is 0 Å². The highest BCUT2D eigenvalue weighted by Crippen LogP contribution is 2.36. The highest BCUT2D eigenvalue weighted by molar-refractivity contribution is 6.06. The lowest BCUT2D eigenvalue weighted by atomic mass is 10.00. The Balaban J connectivity index is 1.75. The number of nitrogens with zero attached hydrogens (tertiary/aromatic N) is 4. The third-order valence-corrected chi connectivity index (χ3v) is 4.64. The van der Waals surface area contributed by atoms with Crippen LogP contribution in [0.1, 0.15) is 24.5 Å². The minimum Gasteiger partial charge on any atom is -0.497 e. The Labute approximate surface area is 166 Å². The topological polar surface area (TPSA) is 116 Å². The van der Waals surface area contributed by atoms with Crippen LogP contribution in [0.15, 0.2) is 46.0 Å². The number of tetrazole rings is 1. The zero-order valence-corrected chi connectivity index (χ0v) is 16.4. The summed E-state index contributed by atoms with van der Waals surface area (Å²) in [4.78, 5) is 13.3. The molecule has 0 radical (unpaired) electrons. The fourth-order valence-corrected chi connectivity index (χ4v) is 3.27. The van der Waals surface area contributed by atoms with E-state index in [9.17, 15) is 4.79 Å². The number of aryl methyl sites for hydroxylation is 1. The number of ether oxygens (including phenoxy) is 2. The van der Waals surface area contributed by atoms with E-state index in [1.807, 2.05) is 19.1 Å². The number of fused-ring (bicyclic) bond motifs is 1. The molecule has 10 nitrogen and oxygen atoms in total. The molecule has 1 amide bonds. The molecule has 1 aromatic carbocycles. The van der Waals surface area contributed by atoms with Crippen LogP contribution in [0.3, 0.4) is 0 Å². The number of furan rings is 1. The number of rotatable bonds is 5. The maximum Gasteiger partial charge on any atom is 0.256 e. The van der Waals surface area contributed by atoms with Gasteiger partial charge in [0.1, 0.15) is 29.1 Å². The number of benzene rings is 1.